The number of aldehydes is 1. The van der Waals surface area contributed by atoms with Gasteiger partial charge in [0, 0.05) is 5.56 Å². The second-order valence-electron chi connectivity index (χ2n) is 5.14. The maximum absolute atomic E-state index is 13.4. The molecular formula is C15H17FO. The summed E-state index contributed by atoms with van der Waals surface area (Å²) in [5, 5.41) is 0. The maximum atomic E-state index is 13.4. The van der Waals surface area contributed by atoms with E-state index in [0.717, 1.165) is 24.7 Å². The van der Waals surface area contributed by atoms with Gasteiger partial charge in [-0.05, 0) is 54.0 Å². The minimum atomic E-state index is -0.364. The van der Waals surface area contributed by atoms with E-state index >= 15 is 0 Å². The fourth-order valence-electron chi connectivity index (χ4n) is 2.42. The van der Waals surface area contributed by atoms with Gasteiger partial charge < -0.3 is 0 Å². The van der Waals surface area contributed by atoms with Gasteiger partial charge in [0.15, 0.2) is 6.29 Å². The van der Waals surface area contributed by atoms with E-state index in [2.05, 4.69) is 13.8 Å². The van der Waals surface area contributed by atoms with Gasteiger partial charge in [0.05, 0.1) is 1.37 Å². The Labute approximate surface area is 103 Å². The SMILES string of the molecule is [2H]C1=C(c2cc(F)ccc2C=O)C(C)(C)CCC1. The van der Waals surface area contributed by atoms with Crippen molar-refractivity contribution in [2.75, 3.05) is 0 Å². The van der Waals surface area contributed by atoms with Crippen LogP contribution in [-0.4, -0.2) is 6.29 Å². The molecule has 90 valence electrons. The summed E-state index contributed by atoms with van der Waals surface area (Å²) in [6.45, 7) is 4.10. The van der Waals surface area contributed by atoms with Gasteiger partial charge in [-0.2, -0.15) is 0 Å². The van der Waals surface area contributed by atoms with E-state index in [1.54, 1.807) is 0 Å². The highest BCUT2D eigenvalue weighted by atomic mass is 19.1. The van der Waals surface area contributed by atoms with Gasteiger partial charge >= 0.3 is 0 Å². The molecule has 0 saturated carbocycles. The van der Waals surface area contributed by atoms with E-state index in [1.807, 2.05) is 0 Å². The number of hydrogen-bond acceptors (Lipinski definition) is 1. The highest BCUT2D eigenvalue weighted by Crippen LogP contribution is 2.43. The minimum absolute atomic E-state index is 0.180. The molecule has 0 fully saturated rings. The first-order chi connectivity index (χ1) is 8.45. The molecule has 0 atom stereocenters. The lowest BCUT2D eigenvalue weighted by atomic mass is 9.72. The number of hydrogen-bond donors (Lipinski definition) is 0. The van der Waals surface area contributed by atoms with Crippen molar-refractivity contribution in [3.8, 4) is 0 Å². The van der Waals surface area contributed by atoms with Gasteiger partial charge in [-0.25, -0.2) is 4.39 Å². The molecule has 0 bridgehead atoms. The van der Waals surface area contributed by atoms with Gasteiger partial charge in [0.25, 0.3) is 0 Å². The summed E-state index contributed by atoms with van der Waals surface area (Å²) >= 11 is 0. The molecule has 17 heavy (non-hydrogen) atoms. The molecule has 0 radical (unpaired) electrons. The molecule has 0 spiro atoms. The van der Waals surface area contributed by atoms with Crippen molar-refractivity contribution in [1.82, 2.24) is 0 Å². The maximum Gasteiger partial charge on any atom is 0.150 e. The molecule has 1 aromatic carbocycles. The van der Waals surface area contributed by atoms with Crippen molar-refractivity contribution in [3.05, 3.63) is 41.2 Å². The minimum Gasteiger partial charge on any atom is -0.298 e. The van der Waals surface area contributed by atoms with Crippen LogP contribution in [0, 0.1) is 11.2 Å². The normalized spacial score (nSPS) is 20.1. The van der Waals surface area contributed by atoms with Crippen LogP contribution in [0.25, 0.3) is 5.57 Å². The second kappa shape index (κ2) is 4.44. The fourth-order valence-corrected chi connectivity index (χ4v) is 2.42. The Morgan fingerprint density at radius 1 is 1.47 bits per heavy atom. The lowest BCUT2D eigenvalue weighted by molar-refractivity contribution is 0.112. The predicted octanol–water partition coefficient (Wildman–Crippen LogP) is 4.23. The van der Waals surface area contributed by atoms with Gasteiger partial charge in [-0.1, -0.05) is 19.9 Å². The molecule has 2 heteroatoms. The molecule has 2 rings (SSSR count). The van der Waals surface area contributed by atoms with Crippen LogP contribution in [-0.2, 0) is 0 Å². The van der Waals surface area contributed by atoms with Crippen molar-refractivity contribution in [2.45, 2.75) is 33.1 Å². The molecule has 1 aliphatic rings. The molecule has 0 unspecified atom stereocenters. The topological polar surface area (TPSA) is 17.1 Å². The number of benzene rings is 1. The molecule has 0 aromatic heterocycles. The van der Waals surface area contributed by atoms with Gasteiger partial charge in [0.1, 0.15) is 5.82 Å². The zero-order valence-electron chi connectivity index (χ0n) is 11.2. The Morgan fingerprint density at radius 2 is 2.24 bits per heavy atom. The molecule has 0 aliphatic heterocycles. The Bertz CT molecular complexity index is 517. The zero-order valence-corrected chi connectivity index (χ0v) is 10.2. The van der Waals surface area contributed by atoms with Gasteiger partial charge in [0.2, 0.25) is 0 Å². The monoisotopic (exact) mass is 233 g/mol. The van der Waals surface area contributed by atoms with Crippen LogP contribution in [0.15, 0.2) is 24.3 Å². The van der Waals surface area contributed by atoms with E-state index in [4.69, 9.17) is 1.37 Å². The van der Waals surface area contributed by atoms with E-state index in [-0.39, 0.29) is 11.2 Å². The summed E-state index contributed by atoms with van der Waals surface area (Å²) < 4.78 is 21.5. The molecule has 0 saturated heterocycles. The molecule has 1 nitrogen and oxygen atoms in total. The first-order valence-corrected chi connectivity index (χ1v) is 5.91. The summed E-state index contributed by atoms with van der Waals surface area (Å²) in [7, 11) is 0. The number of carbonyl (C=O) groups is 1. The van der Waals surface area contributed by atoms with Crippen LogP contribution in [0.2, 0.25) is 0 Å². The Kier molecular flexibility index (Phi) is 2.79. The highest BCUT2D eigenvalue weighted by molar-refractivity contribution is 5.87. The van der Waals surface area contributed by atoms with Crippen LogP contribution < -0.4 is 0 Å². The summed E-state index contributed by atoms with van der Waals surface area (Å²) in [5.74, 6) is -0.364. The van der Waals surface area contributed by atoms with Crippen LogP contribution >= 0.6 is 0 Å². The van der Waals surface area contributed by atoms with E-state index in [0.29, 0.717) is 23.6 Å². The standard InChI is InChI=1S/C15H17FO/c1-15(2)8-4-3-5-14(15)13-9-12(16)7-6-11(13)10-17/h5-7,9-10H,3-4,8H2,1-2H3/i5D. The molecule has 0 amide bonds. The first-order valence-electron chi connectivity index (χ1n) is 6.41. The second-order valence-corrected chi connectivity index (χ2v) is 5.14. The Hall–Kier alpha value is -1.44. The summed E-state index contributed by atoms with van der Waals surface area (Å²) in [6.07, 6.45) is 3.37. The average molecular weight is 233 g/mol. The van der Waals surface area contributed by atoms with Crippen LogP contribution in [0.3, 0.4) is 0 Å². The third kappa shape index (κ3) is 2.31. The quantitative estimate of drug-likeness (QED) is 0.698. The van der Waals surface area contributed by atoms with Gasteiger partial charge in [-0.3, -0.25) is 4.79 Å². The average Bonchev–Trinajstić information content (AvgIpc) is 2.28. The highest BCUT2D eigenvalue weighted by Gasteiger charge is 2.28. The largest absolute Gasteiger partial charge is 0.298 e. The van der Waals surface area contributed by atoms with Crippen molar-refractivity contribution < 1.29 is 10.6 Å². The fraction of sp³-hybridized carbons (Fsp3) is 0.400. The smallest absolute Gasteiger partial charge is 0.150 e. The predicted molar refractivity (Wildman–Crippen MR) is 67.4 cm³/mol. The van der Waals surface area contributed by atoms with Crippen molar-refractivity contribution in [1.29, 1.82) is 0 Å². The summed E-state index contributed by atoms with van der Waals surface area (Å²) in [6, 6.07) is 4.68. The summed E-state index contributed by atoms with van der Waals surface area (Å²) in [4.78, 5) is 11.1. The molecule has 1 aromatic rings. The van der Waals surface area contributed by atoms with E-state index in [1.165, 1.54) is 18.2 Å². The first kappa shape index (κ1) is 10.7. The molecule has 1 aliphatic carbocycles. The molecular weight excluding hydrogens is 215 g/mol. The van der Waals surface area contributed by atoms with Crippen molar-refractivity contribution >= 4 is 11.9 Å². The summed E-state index contributed by atoms with van der Waals surface area (Å²) in [5.41, 5.74) is 1.68. The van der Waals surface area contributed by atoms with Crippen molar-refractivity contribution in [2.24, 2.45) is 5.41 Å². The third-order valence-electron chi connectivity index (χ3n) is 3.37. The third-order valence-corrected chi connectivity index (χ3v) is 3.37. The van der Waals surface area contributed by atoms with E-state index < -0.39 is 0 Å². The lowest BCUT2D eigenvalue weighted by Gasteiger charge is -2.32. The number of carbonyl (C=O) groups excluding carboxylic acids is 1. The number of rotatable bonds is 2. The van der Waals surface area contributed by atoms with Crippen molar-refractivity contribution in [3.63, 3.8) is 0 Å². The Balaban J connectivity index is 2.66. The Morgan fingerprint density at radius 3 is 2.88 bits per heavy atom. The van der Waals surface area contributed by atoms with Gasteiger partial charge in [-0.15, -0.1) is 0 Å². The van der Waals surface area contributed by atoms with Crippen LogP contribution in [0.5, 0.6) is 0 Å². The zero-order chi connectivity index (χ0) is 13.3. The van der Waals surface area contributed by atoms with E-state index in [9.17, 15) is 9.18 Å². The number of halogens is 1. The molecule has 0 heterocycles. The van der Waals surface area contributed by atoms with Crippen LogP contribution in [0.4, 0.5) is 4.39 Å². The molecule has 0 N–H and O–H groups in total. The lowest BCUT2D eigenvalue weighted by Crippen LogP contribution is -2.18. The van der Waals surface area contributed by atoms with Crippen LogP contribution in [0.1, 0.15) is 50.4 Å². The number of allylic oxidation sites excluding steroid dienone is 2.